The number of ether oxygens (including phenoxy) is 1. The Balaban J connectivity index is 2.03. The first-order valence-corrected chi connectivity index (χ1v) is 6.09. The highest BCUT2D eigenvalue weighted by atomic mass is 16.5. The third-order valence-electron chi connectivity index (χ3n) is 4.17. The molecular formula is C12H23NO. The Hall–Kier alpha value is -0.0800. The van der Waals surface area contributed by atoms with Crippen molar-refractivity contribution in [2.45, 2.75) is 57.7 Å². The molecule has 1 saturated heterocycles. The van der Waals surface area contributed by atoms with Crippen molar-refractivity contribution in [1.82, 2.24) is 0 Å². The predicted octanol–water partition coefficient (Wildman–Crippen LogP) is 2.32. The maximum absolute atomic E-state index is 6.24. The summed E-state index contributed by atoms with van der Waals surface area (Å²) in [7, 11) is 0. The van der Waals surface area contributed by atoms with Crippen molar-refractivity contribution in [2.24, 2.45) is 17.6 Å². The molecule has 82 valence electrons. The molecule has 2 fully saturated rings. The largest absolute Gasteiger partial charge is 0.370 e. The van der Waals surface area contributed by atoms with E-state index in [4.69, 9.17) is 10.5 Å². The molecule has 4 atom stereocenters. The van der Waals surface area contributed by atoms with Crippen molar-refractivity contribution in [3.63, 3.8) is 0 Å². The van der Waals surface area contributed by atoms with E-state index in [0.29, 0.717) is 12.6 Å². The summed E-state index contributed by atoms with van der Waals surface area (Å²) >= 11 is 0. The van der Waals surface area contributed by atoms with Crippen molar-refractivity contribution < 1.29 is 4.74 Å². The van der Waals surface area contributed by atoms with Crippen molar-refractivity contribution in [2.75, 3.05) is 6.54 Å². The van der Waals surface area contributed by atoms with Gasteiger partial charge in [0.05, 0.1) is 11.7 Å². The van der Waals surface area contributed by atoms with E-state index in [1.54, 1.807) is 0 Å². The van der Waals surface area contributed by atoms with Crippen LogP contribution in [0.2, 0.25) is 0 Å². The molecule has 4 unspecified atom stereocenters. The Morgan fingerprint density at radius 1 is 1.50 bits per heavy atom. The molecule has 2 heteroatoms. The first kappa shape index (κ1) is 10.4. The monoisotopic (exact) mass is 197 g/mol. The minimum atomic E-state index is 0.196. The molecule has 0 aromatic heterocycles. The summed E-state index contributed by atoms with van der Waals surface area (Å²) in [5.41, 5.74) is 5.91. The lowest BCUT2D eigenvalue weighted by molar-refractivity contribution is -0.141. The zero-order valence-corrected chi connectivity index (χ0v) is 9.46. The van der Waals surface area contributed by atoms with Gasteiger partial charge in [-0.05, 0) is 43.9 Å². The quantitative estimate of drug-likeness (QED) is 0.753. The van der Waals surface area contributed by atoms with Crippen LogP contribution in [0.5, 0.6) is 0 Å². The van der Waals surface area contributed by atoms with Gasteiger partial charge in [0.15, 0.2) is 0 Å². The van der Waals surface area contributed by atoms with Gasteiger partial charge in [-0.1, -0.05) is 13.8 Å². The number of rotatable bonds is 3. The van der Waals surface area contributed by atoms with E-state index < -0.39 is 0 Å². The third kappa shape index (κ3) is 1.70. The molecule has 1 aliphatic heterocycles. The van der Waals surface area contributed by atoms with Crippen LogP contribution in [0, 0.1) is 11.8 Å². The molecule has 0 bridgehead atoms. The summed E-state index contributed by atoms with van der Waals surface area (Å²) < 4.78 is 6.24. The normalized spacial score (nSPS) is 47.8. The Kier molecular flexibility index (Phi) is 2.85. The van der Waals surface area contributed by atoms with E-state index in [9.17, 15) is 0 Å². The van der Waals surface area contributed by atoms with Crippen LogP contribution in [0.3, 0.4) is 0 Å². The first-order chi connectivity index (χ1) is 6.72. The lowest BCUT2D eigenvalue weighted by Gasteiger charge is -2.41. The molecule has 14 heavy (non-hydrogen) atoms. The van der Waals surface area contributed by atoms with Crippen LogP contribution >= 0.6 is 0 Å². The van der Waals surface area contributed by atoms with Crippen LogP contribution in [-0.4, -0.2) is 18.2 Å². The maximum Gasteiger partial charge on any atom is 0.0715 e. The second-order valence-electron chi connectivity index (χ2n) is 5.11. The Bertz CT molecular complexity index is 206. The highest BCUT2D eigenvalue weighted by Gasteiger charge is 2.51. The molecule has 2 N–H and O–H groups in total. The van der Waals surface area contributed by atoms with E-state index in [2.05, 4.69) is 13.8 Å². The van der Waals surface area contributed by atoms with Gasteiger partial charge in [0.2, 0.25) is 0 Å². The van der Waals surface area contributed by atoms with Gasteiger partial charge in [0, 0.05) is 6.54 Å². The maximum atomic E-state index is 6.24. The third-order valence-corrected chi connectivity index (χ3v) is 4.17. The van der Waals surface area contributed by atoms with Crippen LogP contribution in [-0.2, 0) is 4.74 Å². The second-order valence-corrected chi connectivity index (χ2v) is 5.11. The molecule has 0 amide bonds. The van der Waals surface area contributed by atoms with Crippen molar-refractivity contribution in [1.29, 1.82) is 0 Å². The summed E-state index contributed by atoms with van der Waals surface area (Å²) in [6.45, 7) is 5.31. The zero-order chi connectivity index (χ0) is 10.2. The van der Waals surface area contributed by atoms with Gasteiger partial charge in [-0.2, -0.15) is 0 Å². The average Bonchev–Trinajstić information content (AvgIpc) is 2.96. The summed E-state index contributed by atoms with van der Waals surface area (Å²) in [5.74, 6) is 1.70. The highest BCUT2D eigenvalue weighted by Crippen LogP contribution is 2.53. The Labute approximate surface area is 87.2 Å². The minimum absolute atomic E-state index is 0.196. The van der Waals surface area contributed by atoms with Crippen LogP contribution < -0.4 is 5.73 Å². The highest BCUT2D eigenvalue weighted by molar-refractivity contribution is 5.01. The average molecular weight is 197 g/mol. The standard InChI is InChI=1S/C12H23NO/c1-3-12(11-7-9(11)2)6-4-5-10(8-13)14-12/h9-11H,3-8,13H2,1-2H3. The van der Waals surface area contributed by atoms with Gasteiger partial charge >= 0.3 is 0 Å². The van der Waals surface area contributed by atoms with Gasteiger partial charge in [-0.25, -0.2) is 0 Å². The van der Waals surface area contributed by atoms with Crippen LogP contribution in [0.4, 0.5) is 0 Å². The van der Waals surface area contributed by atoms with E-state index >= 15 is 0 Å². The zero-order valence-electron chi connectivity index (χ0n) is 9.46. The molecule has 2 aliphatic rings. The smallest absolute Gasteiger partial charge is 0.0715 e. The van der Waals surface area contributed by atoms with Gasteiger partial charge < -0.3 is 10.5 Å². The van der Waals surface area contributed by atoms with Crippen molar-refractivity contribution in [3.05, 3.63) is 0 Å². The molecule has 0 aromatic carbocycles. The second kappa shape index (κ2) is 3.82. The summed E-state index contributed by atoms with van der Waals surface area (Å²) in [5, 5.41) is 0. The molecular weight excluding hydrogens is 174 g/mol. The minimum Gasteiger partial charge on any atom is -0.370 e. The lowest BCUT2D eigenvalue weighted by atomic mass is 9.84. The fourth-order valence-corrected chi connectivity index (χ4v) is 3.10. The predicted molar refractivity (Wildman–Crippen MR) is 58.1 cm³/mol. The van der Waals surface area contributed by atoms with Gasteiger partial charge in [-0.3, -0.25) is 0 Å². The molecule has 1 saturated carbocycles. The number of hydrogen-bond donors (Lipinski definition) is 1. The van der Waals surface area contributed by atoms with Crippen LogP contribution in [0.1, 0.15) is 46.0 Å². The molecule has 0 aromatic rings. The van der Waals surface area contributed by atoms with Gasteiger partial charge in [-0.15, -0.1) is 0 Å². The molecule has 1 aliphatic carbocycles. The van der Waals surface area contributed by atoms with E-state index in [-0.39, 0.29) is 5.60 Å². The van der Waals surface area contributed by atoms with E-state index in [1.807, 2.05) is 0 Å². The van der Waals surface area contributed by atoms with E-state index in [0.717, 1.165) is 11.8 Å². The van der Waals surface area contributed by atoms with Gasteiger partial charge in [0.1, 0.15) is 0 Å². The SMILES string of the molecule is CCC1(C2CC2C)CCCC(CN)O1. The summed E-state index contributed by atoms with van der Waals surface area (Å²) in [6.07, 6.45) is 6.59. The van der Waals surface area contributed by atoms with Crippen molar-refractivity contribution in [3.8, 4) is 0 Å². The first-order valence-electron chi connectivity index (χ1n) is 6.09. The lowest BCUT2D eigenvalue weighted by Crippen LogP contribution is -2.45. The molecule has 0 radical (unpaired) electrons. The Morgan fingerprint density at radius 3 is 2.71 bits per heavy atom. The van der Waals surface area contributed by atoms with Crippen LogP contribution in [0.25, 0.3) is 0 Å². The van der Waals surface area contributed by atoms with Crippen LogP contribution in [0.15, 0.2) is 0 Å². The molecule has 2 nitrogen and oxygen atoms in total. The molecule has 1 heterocycles. The molecule has 0 spiro atoms. The fraction of sp³-hybridized carbons (Fsp3) is 1.00. The van der Waals surface area contributed by atoms with Crippen molar-refractivity contribution >= 4 is 0 Å². The fourth-order valence-electron chi connectivity index (χ4n) is 3.10. The topological polar surface area (TPSA) is 35.2 Å². The number of hydrogen-bond acceptors (Lipinski definition) is 2. The summed E-state index contributed by atoms with van der Waals surface area (Å²) in [6, 6.07) is 0. The number of nitrogens with two attached hydrogens (primary N) is 1. The van der Waals surface area contributed by atoms with Gasteiger partial charge in [0.25, 0.3) is 0 Å². The summed E-state index contributed by atoms with van der Waals surface area (Å²) in [4.78, 5) is 0. The Morgan fingerprint density at radius 2 is 2.21 bits per heavy atom. The molecule has 2 rings (SSSR count). The van der Waals surface area contributed by atoms with E-state index in [1.165, 1.54) is 32.1 Å².